The Hall–Kier alpha value is -1.52. The van der Waals surface area contributed by atoms with Gasteiger partial charge in [0.05, 0.1) is 5.56 Å². The van der Waals surface area contributed by atoms with Crippen molar-refractivity contribution < 1.29 is 18.0 Å². The van der Waals surface area contributed by atoms with E-state index in [0.717, 1.165) is 37.8 Å². The molecule has 0 spiro atoms. The van der Waals surface area contributed by atoms with Crippen molar-refractivity contribution in [3.8, 4) is 0 Å². The summed E-state index contributed by atoms with van der Waals surface area (Å²) in [6.07, 6.45) is 8.51. The maximum atomic E-state index is 12.6. The molecule has 0 atom stereocenters. The highest BCUT2D eigenvalue weighted by molar-refractivity contribution is 5.94. The second kappa shape index (κ2) is 9.83. The molecule has 0 aromatic heterocycles. The van der Waals surface area contributed by atoms with Gasteiger partial charge in [-0.1, -0.05) is 57.8 Å². The second-order valence-electron chi connectivity index (χ2n) is 7.00. The van der Waals surface area contributed by atoms with Crippen molar-refractivity contribution >= 4 is 5.91 Å². The molecule has 1 saturated carbocycles. The van der Waals surface area contributed by atoms with Gasteiger partial charge in [0.15, 0.2) is 0 Å². The lowest BCUT2D eigenvalue weighted by Gasteiger charge is -2.20. The van der Waals surface area contributed by atoms with Gasteiger partial charge in [-0.25, -0.2) is 0 Å². The van der Waals surface area contributed by atoms with Crippen LogP contribution in [0.15, 0.2) is 24.3 Å². The summed E-state index contributed by atoms with van der Waals surface area (Å²) in [4.78, 5) is 12.4. The van der Waals surface area contributed by atoms with E-state index >= 15 is 0 Å². The first-order valence-electron chi connectivity index (χ1n) is 9.45. The first kappa shape index (κ1) is 19.8. The van der Waals surface area contributed by atoms with Gasteiger partial charge in [0.25, 0.3) is 5.91 Å². The minimum Gasteiger partial charge on any atom is -0.349 e. The van der Waals surface area contributed by atoms with Gasteiger partial charge in [0.2, 0.25) is 0 Å². The van der Waals surface area contributed by atoms with E-state index in [2.05, 4.69) is 5.32 Å². The predicted octanol–water partition coefficient (Wildman–Crippen LogP) is 6.11. The van der Waals surface area contributed by atoms with Crippen LogP contribution in [-0.2, 0) is 6.18 Å². The average molecular weight is 355 g/mol. The van der Waals surface area contributed by atoms with Gasteiger partial charge in [-0.05, 0) is 37.1 Å². The van der Waals surface area contributed by atoms with E-state index in [1.165, 1.54) is 57.1 Å². The highest BCUT2D eigenvalue weighted by Gasteiger charge is 2.30. The van der Waals surface area contributed by atoms with Crippen LogP contribution in [0.5, 0.6) is 0 Å². The van der Waals surface area contributed by atoms with Crippen LogP contribution in [0.4, 0.5) is 13.2 Å². The van der Waals surface area contributed by atoms with E-state index in [9.17, 15) is 18.0 Å². The normalized spacial score (nSPS) is 18.8. The summed E-state index contributed by atoms with van der Waals surface area (Å²) in [6, 6.07) is 4.57. The molecule has 1 aromatic carbocycles. The number of carbonyl (C=O) groups is 1. The molecule has 25 heavy (non-hydrogen) atoms. The molecule has 1 aliphatic rings. The molecule has 0 bridgehead atoms. The number of alkyl halides is 3. The molecule has 1 fully saturated rings. The summed E-state index contributed by atoms with van der Waals surface area (Å²) in [7, 11) is 0. The molecule has 0 unspecified atom stereocenters. The lowest BCUT2D eigenvalue weighted by Crippen LogP contribution is -2.35. The molecule has 1 aliphatic carbocycles. The van der Waals surface area contributed by atoms with Crippen molar-refractivity contribution in [1.82, 2.24) is 5.32 Å². The van der Waals surface area contributed by atoms with E-state index in [4.69, 9.17) is 0 Å². The molecule has 1 aromatic rings. The fraction of sp³-hybridized carbons (Fsp3) is 0.650. The van der Waals surface area contributed by atoms with Crippen LogP contribution in [0, 0.1) is 0 Å². The fourth-order valence-corrected chi connectivity index (χ4v) is 3.39. The van der Waals surface area contributed by atoms with E-state index in [0.29, 0.717) is 5.56 Å². The average Bonchev–Trinajstić information content (AvgIpc) is 2.56. The molecule has 5 heteroatoms. The number of hydrogen-bond donors (Lipinski definition) is 1. The second-order valence-corrected chi connectivity index (χ2v) is 7.00. The Bertz CT molecular complexity index is 513. The van der Waals surface area contributed by atoms with Crippen LogP contribution in [0.2, 0.25) is 0 Å². The van der Waals surface area contributed by atoms with Crippen molar-refractivity contribution in [2.75, 3.05) is 0 Å². The van der Waals surface area contributed by atoms with E-state index < -0.39 is 11.7 Å². The SMILES string of the molecule is O=C(NC1CCCCCCCCCCC1)c1ccc(C(F)(F)F)cc1. The Kier molecular flexibility index (Phi) is 7.79. The highest BCUT2D eigenvalue weighted by Crippen LogP contribution is 2.29. The van der Waals surface area contributed by atoms with Crippen LogP contribution in [0.25, 0.3) is 0 Å². The van der Waals surface area contributed by atoms with Crippen molar-refractivity contribution in [3.05, 3.63) is 35.4 Å². The number of carbonyl (C=O) groups excluding carboxylic acids is 1. The summed E-state index contributed by atoms with van der Waals surface area (Å²) in [5.41, 5.74) is -0.436. The molecule has 0 aliphatic heterocycles. The van der Waals surface area contributed by atoms with Gasteiger partial charge in [-0.2, -0.15) is 13.2 Å². The first-order valence-corrected chi connectivity index (χ1v) is 9.45. The van der Waals surface area contributed by atoms with Gasteiger partial charge in [-0.3, -0.25) is 4.79 Å². The van der Waals surface area contributed by atoms with E-state index in [1.54, 1.807) is 0 Å². The lowest BCUT2D eigenvalue weighted by atomic mass is 9.97. The van der Waals surface area contributed by atoms with Crippen molar-refractivity contribution in [1.29, 1.82) is 0 Å². The van der Waals surface area contributed by atoms with Crippen LogP contribution in [0.3, 0.4) is 0 Å². The summed E-state index contributed by atoms with van der Waals surface area (Å²) in [5, 5.41) is 3.03. The maximum Gasteiger partial charge on any atom is 0.416 e. The Balaban J connectivity index is 1.91. The number of rotatable bonds is 2. The summed E-state index contributed by atoms with van der Waals surface area (Å²) in [5.74, 6) is -0.272. The van der Waals surface area contributed by atoms with Crippen molar-refractivity contribution in [2.45, 2.75) is 82.8 Å². The first-order chi connectivity index (χ1) is 12.0. The molecule has 0 heterocycles. The Morgan fingerprint density at radius 2 is 1.24 bits per heavy atom. The number of benzene rings is 1. The van der Waals surface area contributed by atoms with Crippen LogP contribution >= 0.6 is 0 Å². The molecule has 140 valence electrons. The molecule has 0 radical (unpaired) electrons. The van der Waals surface area contributed by atoms with E-state index in [-0.39, 0.29) is 11.9 Å². The van der Waals surface area contributed by atoms with Gasteiger partial charge >= 0.3 is 6.18 Å². The minimum atomic E-state index is -4.37. The number of halogens is 3. The number of nitrogens with one attached hydrogen (secondary N) is 1. The quantitative estimate of drug-likeness (QED) is 0.681. The van der Waals surface area contributed by atoms with E-state index in [1.807, 2.05) is 0 Å². The molecular formula is C20H28F3NO. The Morgan fingerprint density at radius 3 is 1.68 bits per heavy atom. The molecular weight excluding hydrogens is 327 g/mol. The Morgan fingerprint density at radius 1 is 0.800 bits per heavy atom. The lowest BCUT2D eigenvalue weighted by molar-refractivity contribution is -0.137. The number of hydrogen-bond acceptors (Lipinski definition) is 1. The molecule has 1 N–H and O–H groups in total. The fourth-order valence-electron chi connectivity index (χ4n) is 3.39. The molecule has 1 amide bonds. The zero-order valence-corrected chi connectivity index (χ0v) is 14.7. The molecule has 0 saturated heterocycles. The van der Waals surface area contributed by atoms with Crippen LogP contribution in [-0.4, -0.2) is 11.9 Å². The topological polar surface area (TPSA) is 29.1 Å². The van der Waals surface area contributed by atoms with Gasteiger partial charge in [0, 0.05) is 11.6 Å². The highest BCUT2D eigenvalue weighted by atomic mass is 19.4. The third-order valence-electron chi connectivity index (χ3n) is 4.91. The maximum absolute atomic E-state index is 12.6. The minimum absolute atomic E-state index is 0.120. The zero-order valence-electron chi connectivity index (χ0n) is 14.7. The predicted molar refractivity (Wildman–Crippen MR) is 93.5 cm³/mol. The molecule has 2 nitrogen and oxygen atoms in total. The van der Waals surface area contributed by atoms with Crippen LogP contribution in [0.1, 0.15) is 86.6 Å². The third-order valence-corrected chi connectivity index (χ3v) is 4.91. The standard InChI is InChI=1S/C20H28F3NO/c21-20(22,23)17-14-12-16(13-15-17)19(25)24-18-10-8-6-4-2-1-3-5-7-9-11-18/h12-15,18H,1-11H2,(H,24,25). The summed E-state index contributed by atoms with van der Waals surface area (Å²) < 4.78 is 37.8. The summed E-state index contributed by atoms with van der Waals surface area (Å²) in [6.45, 7) is 0. The largest absolute Gasteiger partial charge is 0.416 e. The molecule has 2 rings (SSSR count). The van der Waals surface area contributed by atoms with Gasteiger partial charge in [-0.15, -0.1) is 0 Å². The van der Waals surface area contributed by atoms with Gasteiger partial charge < -0.3 is 5.32 Å². The third kappa shape index (κ3) is 7.09. The Labute approximate surface area is 148 Å². The van der Waals surface area contributed by atoms with Crippen molar-refractivity contribution in [2.24, 2.45) is 0 Å². The zero-order chi connectivity index (χ0) is 18.1. The van der Waals surface area contributed by atoms with Crippen LogP contribution < -0.4 is 5.32 Å². The smallest absolute Gasteiger partial charge is 0.349 e. The monoisotopic (exact) mass is 355 g/mol. The number of amides is 1. The van der Waals surface area contributed by atoms with Crippen molar-refractivity contribution in [3.63, 3.8) is 0 Å². The summed E-state index contributed by atoms with van der Waals surface area (Å²) >= 11 is 0. The van der Waals surface area contributed by atoms with Gasteiger partial charge in [0.1, 0.15) is 0 Å².